The lowest BCUT2D eigenvalue weighted by Gasteiger charge is -2.13. The van der Waals surface area contributed by atoms with Gasteiger partial charge in [0, 0.05) is 27.7 Å². The summed E-state index contributed by atoms with van der Waals surface area (Å²) in [5.41, 5.74) is 2.63. The number of aromatic nitrogens is 1. The van der Waals surface area contributed by atoms with E-state index >= 15 is 0 Å². The Morgan fingerprint density at radius 1 is 0.947 bits per heavy atom. The second-order valence-corrected chi connectivity index (χ2v) is 10.5. The van der Waals surface area contributed by atoms with Gasteiger partial charge in [-0.2, -0.15) is 0 Å². The molecule has 1 saturated heterocycles. The first-order chi connectivity index (χ1) is 18.4. The van der Waals surface area contributed by atoms with Crippen LogP contribution in [0.5, 0.6) is 11.5 Å². The summed E-state index contributed by atoms with van der Waals surface area (Å²) < 4.78 is 13.7. The lowest BCUT2D eigenvalue weighted by atomic mass is 10.1. The van der Waals surface area contributed by atoms with E-state index in [1.165, 1.54) is 4.90 Å². The van der Waals surface area contributed by atoms with Crippen molar-refractivity contribution in [2.24, 2.45) is 0 Å². The summed E-state index contributed by atoms with van der Waals surface area (Å²) >= 11 is 7.20. The summed E-state index contributed by atoms with van der Waals surface area (Å²) in [7, 11) is 0. The molecule has 38 heavy (non-hydrogen) atoms. The van der Waals surface area contributed by atoms with Crippen LogP contribution in [0, 0.1) is 0 Å². The van der Waals surface area contributed by atoms with Crippen molar-refractivity contribution in [3.05, 3.63) is 100 Å². The van der Waals surface area contributed by atoms with E-state index in [0.29, 0.717) is 23.1 Å². The van der Waals surface area contributed by atoms with Gasteiger partial charge < -0.3 is 14.0 Å². The Balaban J connectivity index is 1.31. The average Bonchev–Trinajstić information content (AvgIpc) is 3.38. The molecule has 6 nitrogen and oxygen atoms in total. The Labute approximate surface area is 230 Å². The van der Waals surface area contributed by atoms with Gasteiger partial charge in [-0.15, -0.1) is 0 Å². The summed E-state index contributed by atoms with van der Waals surface area (Å²) in [4.78, 5) is 27.4. The van der Waals surface area contributed by atoms with E-state index in [-0.39, 0.29) is 23.8 Å². The number of carbonyl (C=O) groups is 2. The van der Waals surface area contributed by atoms with Crippen molar-refractivity contribution in [3.8, 4) is 11.5 Å². The fourth-order valence-electron chi connectivity index (χ4n) is 4.30. The maximum absolute atomic E-state index is 13.1. The van der Waals surface area contributed by atoms with Crippen LogP contribution in [0.25, 0.3) is 17.0 Å². The van der Waals surface area contributed by atoms with Crippen molar-refractivity contribution in [2.75, 3.05) is 6.61 Å². The highest BCUT2D eigenvalue weighted by molar-refractivity contribution is 8.18. The van der Waals surface area contributed by atoms with Crippen LogP contribution in [0.2, 0.25) is 5.02 Å². The van der Waals surface area contributed by atoms with Crippen LogP contribution in [-0.4, -0.2) is 33.3 Å². The van der Waals surface area contributed by atoms with E-state index in [1.54, 1.807) is 12.1 Å². The predicted octanol–water partition coefficient (Wildman–Crippen LogP) is 7.40. The third-order valence-electron chi connectivity index (χ3n) is 6.06. The molecule has 2 amide bonds. The fraction of sp³-hybridized carbons (Fsp3) is 0.200. The van der Waals surface area contributed by atoms with Gasteiger partial charge in [-0.3, -0.25) is 14.5 Å². The smallest absolute Gasteiger partial charge is 0.293 e. The van der Waals surface area contributed by atoms with Gasteiger partial charge in [0.25, 0.3) is 11.1 Å². The Morgan fingerprint density at radius 2 is 1.66 bits per heavy atom. The third kappa shape index (κ3) is 5.74. The first-order valence-corrected chi connectivity index (χ1v) is 13.5. The Bertz CT molecular complexity index is 1510. The molecular formula is C30H27ClN2O4S. The summed E-state index contributed by atoms with van der Waals surface area (Å²) in [5.74, 6) is 1.26. The van der Waals surface area contributed by atoms with E-state index in [9.17, 15) is 9.59 Å². The van der Waals surface area contributed by atoms with E-state index in [0.717, 1.165) is 45.3 Å². The summed E-state index contributed by atoms with van der Waals surface area (Å²) in [6.07, 6.45) is 3.91. The number of benzene rings is 3. The van der Waals surface area contributed by atoms with Crippen LogP contribution < -0.4 is 9.47 Å². The topological polar surface area (TPSA) is 60.8 Å². The molecule has 8 heteroatoms. The zero-order valence-corrected chi connectivity index (χ0v) is 22.7. The molecule has 1 aromatic heterocycles. The number of hydrogen-bond acceptors (Lipinski definition) is 5. The molecule has 2 heterocycles. The molecule has 194 valence electrons. The van der Waals surface area contributed by atoms with Crippen molar-refractivity contribution in [1.29, 1.82) is 0 Å². The Kier molecular flexibility index (Phi) is 7.77. The molecule has 0 spiro atoms. The molecule has 0 atom stereocenters. The normalized spacial score (nSPS) is 14.7. The number of ether oxygens (including phenoxy) is 2. The molecule has 4 aromatic rings. The number of nitrogens with zero attached hydrogens (tertiary/aromatic N) is 2. The largest absolute Gasteiger partial charge is 0.492 e. The first-order valence-electron chi connectivity index (χ1n) is 12.3. The van der Waals surface area contributed by atoms with Crippen molar-refractivity contribution in [2.45, 2.75) is 33.0 Å². The molecule has 1 aliphatic heterocycles. The monoisotopic (exact) mass is 546 g/mol. The van der Waals surface area contributed by atoms with Gasteiger partial charge >= 0.3 is 0 Å². The number of thioether (sulfide) groups is 1. The average molecular weight is 547 g/mol. The standard InChI is InChI=1S/C30H27ClN2O4S/c1-20(2)37-24-13-11-23(12-14-24)36-16-15-32-18-22(25-8-4-6-10-27(25)32)17-28-29(34)33(30(35)38-28)19-21-7-3-5-9-26(21)31/h3-14,17-18,20H,15-16,19H2,1-2H3/b28-17-. The minimum Gasteiger partial charge on any atom is -0.492 e. The SMILES string of the molecule is CC(C)Oc1ccc(OCCn2cc(/C=C3\SC(=O)N(Cc4ccccc4Cl)C3=O)c3ccccc32)cc1. The van der Waals surface area contributed by atoms with Crippen LogP contribution in [0.4, 0.5) is 4.79 Å². The molecule has 0 radical (unpaired) electrons. The Morgan fingerprint density at radius 3 is 2.42 bits per heavy atom. The quantitative estimate of drug-likeness (QED) is 0.205. The van der Waals surface area contributed by atoms with Gasteiger partial charge in [0.1, 0.15) is 18.1 Å². The highest BCUT2D eigenvalue weighted by Crippen LogP contribution is 2.35. The fourth-order valence-corrected chi connectivity index (χ4v) is 5.32. The number of fused-ring (bicyclic) bond motifs is 1. The molecule has 0 bridgehead atoms. The molecule has 0 unspecified atom stereocenters. The molecule has 0 aliphatic carbocycles. The first kappa shape index (κ1) is 25.9. The predicted molar refractivity (Wildman–Crippen MR) is 153 cm³/mol. The summed E-state index contributed by atoms with van der Waals surface area (Å²) in [5, 5.41) is 1.23. The van der Waals surface area contributed by atoms with Crippen molar-refractivity contribution in [3.63, 3.8) is 0 Å². The molecule has 1 aliphatic rings. The van der Waals surface area contributed by atoms with Crippen LogP contribution in [0.3, 0.4) is 0 Å². The highest BCUT2D eigenvalue weighted by atomic mass is 35.5. The number of halogens is 1. The molecule has 1 fully saturated rings. The number of rotatable bonds is 9. The van der Waals surface area contributed by atoms with Crippen LogP contribution in [0.1, 0.15) is 25.0 Å². The van der Waals surface area contributed by atoms with Gasteiger partial charge in [0.05, 0.1) is 24.1 Å². The lowest BCUT2D eigenvalue weighted by molar-refractivity contribution is -0.123. The van der Waals surface area contributed by atoms with E-state index in [4.69, 9.17) is 21.1 Å². The van der Waals surface area contributed by atoms with Gasteiger partial charge in [-0.05, 0) is 73.6 Å². The van der Waals surface area contributed by atoms with E-state index in [1.807, 2.05) is 86.8 Å². The molecule has 5 rings (SSSR count). The van der Waals surface area contributed by atoms with E-state index < -0.39 is 0 Å². The summed E-state index contributed by atoms with van der Waals surface area (Å²) in [6.45, 7) is 5.21. The number of para-hydroxylation sites is 1. The van der Waals surface area contributed by atoms with E-state index in [2.05, 4.69) is 4.57 Å². The van der Waals surface area contributed by atoms with Crippen LogP contribution in [-0.2, 0) is 17.9 Å². The number of amides is 2. The van der Waals surface area contributed by atoms with Crippen molar-refractivity contribution >= 4 is 51.5 Å². The highest BCUT2D eigenvalue weighted by Gasteiger charge is 2.35. The Hall–Kier alpha value is -3.68. The van der Waals surface area contributed by atoms with Gasteiger partial charge in [0.2, 0.25) is 0 Å². The maximum Gasteiger partial charge on any atom is 0.293 e. The minimum absolute atomic E-state index is 0.120. The second-order valence-electron chi connectivity index (χ2n) is 9.14. The minimum atomic E-state index is -0.315. The van der Waals surface area contributed by atoms with Gasteiger partial charge in [0.15, 0.2) is 0 Å². The molecule has 3 aromatic carbocycles. The number of imide groups is 1. The van der Waals surface area contributed by atoms with Gasteiger partial charge in [-0.25, -0.2) is 0 Å². The van der Waals surface area contributed by atoms with Crippen LogP contribution >= 0.6 is 23.4 Å². The third-order valence-corrected chi connectivity index (χ3v) is 7.34. The van der Waals surface area contributed by atoms with Crippen LogP contribution in [0.15, 0.2) is 83.9 Å². The number of carbonyl (C=O) groups excluding carboxylic acids is 2. The maximum atomic E-state index is 13.1. The zero-order chi connectivity index (χ0) is 26.6. The molecular weight excluding hydrogens is 520 g/mol. The van der Waals surface area contributed by atoms with Gasteiger partial charge in [-0.1, -0.05) is 48.0 Å². The molecule has 0 saturated carbocycles. The molecule has 0 N–H and O–H groups in total. The lowest BCUT2D eigenvalue weighted by Crippen LogP contribution is -2.27. The zero-order valence-electron chi connectivity index (χ0n) is 21.1. The van der Waals surface area contributed by atoms with Crippen molar-refractivity contribution in [1.82, 2.24) is 9.47 Å². The summed E-state index contributed by atoms with van der Waals surface area (Å²) in [6, 6.07) is 22.8. The second kappa shape index (κ2) is 11.4. The van der Waals surface area contributed by atoms with Crippen molar-refractivity contribution < 1.29 is 19.1 Å². The number of hydrogen-bond donors (Lipinski definition) is 0.